The van der Waals surface area contributed by atoms with Crippen molar-refractivity contribution in [3.05, 3.63) is 81.6 Å². The molecule has 3 aromatic rings. The predicted octanol–water partition coefficient (Wildman–Crippen LogP) is 5.08. The lowest BCUT2D eigenvalue weighted by Gasteiger charge is -2.15. The number of halogens is 3. The smallest absolute Gasteiger partial charge is 0.416 e. The summed E-state index contributed by atoms with van der Waals surface area (Å²) >= 11 is 0. The molecule has 0 atom stereocenters. The van der Waals surface area contributed by atoms with Crippen molar-refractivity contribution in [3.8, 4) is 11.3 Å². The Morgan fingerprint density at radius 1 is 1.10 bits per heavy atom. The van der Waals surface area contributed by atoms with Gasteiger partial charge in [-0.3, -0.25) is 14.9 Å². The molecule has 0 N–H and O–H groups in total. The molecule has 6 nitrogen and oxygen atoms in total. The molecule has 0 saturated heterocycles. The van der Waals surface area contributed by atoms with Crippen LogP contribution in [0.3, 0.4) is 0 Å². The Hall–Kier alpha value is -3.62. The van der Waals surface area contributed by atoms with Crippen LogP contribution in [0.1, 0.15) is 21.7 Å². The van der Waals surface area contributed by atoms with Gasteiger partial charge in [0.2, 0.25) is 0 Å². The molecule has 0 spiro atoms. The standard InChI is InChI=1S/C20H13F3N2O4/c21-20(22,23)14-3-1-2-13(10-14)17-6-7-18(29-17)19(26)24-9-8-12-4-5-15(25(27)28)11-16(12)24/h1-7,10-11H,8-9H2. The second kappa shape index (κ2) is 6.77. The number of hydrogen-bond donors (Lipinski definition) is 0. The van der Waals surface area contributed by atoms with Gasteiger partial charge in [-0.25, -0.2) is 0 Å². The van der Waals surface area contributed by atoms with Crippen molar-refractivity contribution in [2.45, 2.75) is 12.6 Å². The van der Waals surface area contributed by atoms with Crippen LogP contribution in [-0.4, -0.2) is 17.4 Å². The molecule has 0 aliphatic carbocycles. The lowest BCUT2D eigenvalue weighted by molar-refractivity contribution is -0.384. The zero-order chi connectivity index (χ0) is 20.8. The molecule has 1 aliphatic heterocycles. The molecule has 0 bridgehead atoms. The molecule has 0 radical (unpaired) electrons. The largest absolute Gasteiger partial charge is 0.451 e. The quantitative estimate of drug-likeness (QED) is 0.452. The summed E-state index contributed by atoms with van der Waals surface area (Å²) in [5.74, 6) is -0.447. The minimum atomic E-state index is -4.49. The first-order valence-electron chi connectivity index (χ1n) is 8.61. The van der Waals surface area contributed by atoms with Gasteiger partial charge in [-0.15, -0.1) is 0 Å². The predicted molar refractivity (Wildman–Crippen MR) is 97.6 cm³/mol. The van der Waals surface area contributed by atoms with E-state index in [9.17, 15) is 28.1 Å². The van der Waals surface area contributed by atoms with Crippen LogP contribution in [0.25, 0.3) is 11.3 Å². The summed E-state index contributed by atoms with van der Waals surface area (Å²) in [6.07, 6.45) is -3.95. The van der Waals surface area contributed by atoms with E-state index in [0.717, 1.165) is 17.7 Å². The fourth-order valence-corrected chi connectivity index (χ4v) is 3.28. The maximum absolute atomic E-state index is 12.9. The van der Waals surface area contributed by atoms with E-state index in [1.54, 1.807) is 6.07 Å². The van der Waals surface area contributed by atoms with Gasteiger partial charge in [0.25, 0.3) is 11.6 Å². The Balaban J connectivity index is 1.63. The molecular formula is C20H13F3N2O4. The molecule has 2 heterocycles. The van der Waals surface area contributed by atoms with Crippen molar-refractivity contribution in [3.63, 3.8) is 0 Å². The van der Waals surface area contributed by atoms with Crippen molar-refractivity contribution >= 4 is 17.3 Å². The summed E-state index contributed by atoms with van der Waals surface area (Å²) < 4.78 is 44.2. The highest BCUT2D eigenvalue weighted by Gasteiger charge is 2.31. The Kier molecular flexibility index (Phi) is 4.37. The first-order valence-corrected chi connectivity index (χ1v) is 8.61. The molecule has 148 valence electrons. The maximum atomic E-state index is 12.9. The van der Waals surface area contributed by atoms with E-state index in [2.05, 4.69) is 0 Å². The van der Waals surface area contributed by atoms with Gasteiger partial charge in [-0.1, -0.05) is 18.2 Å². The van der Waals surface area contributed by atoms with E-state index < -0.39 is 22.6 Å². The van der Waals surface area contributed by atoms with E-state index >= 15 is 0 Å². The highest BCUT2D eigenvalue weighted by molar-refractivity contribution is 6.06. The zero-order valence-electron chi connectivity index (χ0n) is 14.8. The normalized spacial score (nSPS) is 13.4. The molecular weight excluding hydrogens is 389 g/mol. The van der Waals surface area contributed by atoms with Gasteiger partial charge >= 0.3 is 6.18 Å². The van der Waals surface area contributed by atoms with Crippen LogP contribution in [-0.2, 0) is 12.6 Å². The van der Waals surface area contributed by atoms with Gasteiger partial charge in [-0.2, -0.15) is 13.2 Å². The molecule has 1 amide bonds. The van der Waals surface area contributed by atoms with E-state index in [1.165, 1.54) is 41.3 Å². The lowest BCUT2D eigenvalue weighted by atomic mass is 10.1. The summed E-state index contributed by atoms with van der Waals surface area (Å²) in [5, 5.41) is 11.0. The van der Waals surface area contributed by atoms with E-state index in [4.69, 9.17) is 4.42 Å². The number of furan rings is 1. The SMILES string of the molecule is O=C(c1ccc(-c2cccc(C(F)(F)F)c2)o1)N1CCc2ccc([N+](=O)[O-])cc21. The van der Waals surface area contributed by atoms with Crippen LogP contribution in [0.5, 0.6) is 0 Å². The van der Waals surface area contributed by atoms with Gasteiger partial charge in [0.15, 0.2) is 5.76 Å². The topological polar surface area (TPSA) is 76.6 Å². The minimum Gasteiger partial charge on any atom is -0.451 e. The van der Waals surface area contributed by atoms with Crippen LogP contribution in [0.15, 0.2) is 59.0 Å². The molecule has 1 aromatic heterocycles. The number of nitro groups is 1. The number of carbonyl (C=O) groups is 1. The third kappa shape index (κ3) is 3.46. The van der Waals surface area contributed by atoms with Crippen LogP contribution < -0.4 is 4.90 Å². The van der Waals surface area contributed by atoms with E-state index in [-0.39, 0.29) is 22.8 Å². The van der Waals surface area contributed by atoms with Gasteiger partial charge in [0.05, 0.1) is 16.2 Å². The fraction of sp³-hybridized carbons (Fsp3) is 0.150. The number of alkyl halides is 3. The van der Waals surface area contributed by atoms with Crippen molar-refractivity contribution in [2.75, 3.05) is 11.4 Å². The first kappa shape index (κ1) is 18.7. The average Bonchev–Trinajstić information content (AvgIpc) is 3.34. The number of rotatable bonds is 3. The number of benzene rings is 2. The zero-order valence-corrected chi connectivity index (χ0v) is 14.8. The van der Waals surface area contributed by atoms with Crippen molar-refractivity contribution in [2.24, 2.45) is 0 Å². The summed E-state index contributed by atoms with van der Waals surface area (Å²) in [5.41, 5.74) is 0.471. The summed E-state index contributed by atoms with van der Waals surface area (Å²) in [7, 11) is 0. The van der Waals surface area contributed by atoms with E-state index in [1.807, 2.05) is 0 Å². The highest BCUT2D eigenvalue weighted by atomic mass is 19.4. The number of nitrogens with zero attached hydrogens (tertiary/aromatic N) is 2. The maximum Gasteiger partial charge on any atom is 0.416 e. The Bertz CT molecular complexity index is 1120. The molecule has 1 aliphatic rings. The van der Waals surface area contributed by atoms with Gasteiger partial charge in [0, 0.05) is 24.2 Å². The van der Waals surface area contributed by atoms with Crippen molar-refractivity contribution in [1.82, 2.24) is 0 Å². The number of non-ortho nitro benzene ring substituents is 1. The number of nitro benzene ring substituents is 1. The third-order valence-corrected chi connectivity index (χ3v) is 4.71. The van der Waals surface area contributed by atoms with Gasteiger partial charge in [0.1, 0.15) is 5.76 Å². The summed E-state index contributed by atoms with van der Waals surface area (Å²) in [6, 6.07) is 11.7. The molecule has 0 unspecified atom stereocenters. The minimum absolute atomic E-state index is 0.0585. The lowest BCUT2D eigenvalue weighted by Crippen LogP contribution is -2.28. The van der Waals surface area contributed by atoms with Gasteiger partial charge in [-0.05, 0) is 36.2 Å². The molecule has 29 heavy (non-hydrogen) atoms. The monoisotopic (exact) mass is 402 g/mol. The molecule has 0 saturated carbocycles. The number of fused-ring (bicyclic) bond motifs is 1. The average molecular weight is 402 g/mol. The van der Waals surface area contributed by atoms with Gasteiger partial charge < -0.3 is 9.32 Å². The van der Waals surface area contributed by atoms with Crippen LogP contribution in [0, 0.1) is 10.1 Å². The number of amides is 1. The van der Waals surface area contributed by atoms with Crippen molar-refractivity contribution < 1.29 is 27.3 Å². The molecule has 9 heteroatoms. The van der Waals surface area contributed by atoms with Crippen LogP contribution in [0.4, 0.5) is 24.5 Å². The Morgan fingerprint density at radius 3 is 2.62 bits per heavy atom. The molecule has 2 aromatic carbocycles. The summed E-state index contributed by atoms with van der Waals surface area (Å²) in [4.78, 5) is 24.7. The van der Waals surface area contributed by atoms with E-state index in [0.29, 0.717) is 18.7 Å². The number of anilines is 1. The highest BCUT2D eigenvalue weighted by Crippen LogP contribution is 2.35. The first-order chi connectivity index (χ1) is 13.7. The second-order valence-electron chi connectivity index (χ2n) is 6.52. The summed E-state index contributed by atoms with van der Waals surface area (Å²) in [6.45, 7) is 0.328. The fourth-order valence-electron chi connectivity index (χ4n) is 3.28. The Labute approximate surface area is 162 Å². The molecule has 4 rings (SSSR count). The second-order valence-corrected chi connectivity index (χ2v) is 6.52. The molecule has 0 fully saturated rings. The van der Waals surface area contributed by atoms with Crippen molar-refractivity contribution in [1.29, 1.82) is 0 Å². The Morgan fingerprint density at radius 2 is 1.90 bits per heavy atom. The number of carbonyl (C=O) groups excluding carboxylic acids is 1. The third-order valence-electron chi connectivity index (χ3n) is 4.71. The van der Waals surface area contributed by atoms with Crippen LogP contribution >= 0.6 is 0 Å². The number of hydrogen-bond acceptors (Lipinski definition) is 4. The van der Waals surface area contributed by atoms with Crippen LogP contribution in [0.2, 0.25) is 0 Å².